The van der Waals surface area contributed by atoms with Gasteiger partial charge in [-0.3, -0.25) is 9.48 Å². The van der Waals surface area contributed by atoms with Crippen molar-refractivity contribution in [1.82, 2.24) is 14.7 Å². The quantitative estimate of drug-likeness (QED) is 0.833. The monoisotopic (exact) mass is 359 g/mol. The molecule has 2 aliphatic rings. The molecule has 1 amide bonds. The zero-order chi connectivity index (χ0) is 17.6. The molecular weight excluding hydrogens is 338 g/mol. The predicted octanol–water partition coefficient (Wildman–Crippen LogP) is 1.52. The number of benzene rings is 1. The van der Waals surface area contributed by atoms with Gasteiger partial charge in [0.05, 0.1) is 23.7 Å². The van der Waals surface area contributed by atoms with Crippen LogP contribution in [0.4, 0.5) is 0 Å². The van der Waals surface area contributed by atoms with Crippen molar-refractivity contribution in [2.75, 3.05) is 18.1 Å². The fourth-order valence-corrected chi connectivity index (χ4v) is 5.20. The highest BCUT2D eigenvalue weighted by molar-refractivity contribution is 7.91. The van der Waals surface area contributed by atoms with Gasteiger partial charge in [0.15, 0.2) is 9.84 Å². The van der Waals surface area contributed by atoms with E-state index in [0.717, 1.165) is 12.0 Å². The van der Waals surface area contributed by atoms with Gasteiger partial charge in [-0.05, 0) is 17.9 Å². The summed E-state index contributed by atoms with van der Waals surface area (Å²) in [6.45, 7) is 0.263. The Morgan fingerprint density at radius 1 is 1.20 bits per heavy atom. The van der Waals surface area contributed by atoms with Crippen LogP contribution in [-0.4, -0.2) is 47.1 Å². The maximum atomic E-state index is 13.0. The average Bonchev–Trinajstić information content (AvgIpc) is 3.28. The molecule has 1 saturated carbocycles. The summed E-state index contributed by atoms with van der Waals surface area (Å²) in [5.41, 5.74) is 1.97. The van der Waals surface area contributed by atoms with E-state index < -0.39 is 15.9 Å². The summed E-state index contributed by atoms with van der Waals surface area (Å²) in [7, 11) is -1.35. The number of hydrogen-bond acceptors (Lipinski definition) is 4. The SMILES string of the molecule is Cn1cc([C@@H]2CS(=O)(=O)CCN2C(=O)[C@@H]2C[C@@H]2c2ccccc2)cn1. The second-order valence-electron chi connectivity index (χ2n) is 6.97. The third-order valence-electron chi connectivity index (χ3n) is 5.16. The lowest BCUT2D eigenvalue weighted by Crippen LogP contribution is -2.46. The van der Waals surface area contributed by atoms with E-state index in [-0.39, 0.29) is 35.8 Å². The van der Waals surface area contributed by atoms with Crippen LogP contribution in [0.2, 0.25) is 0 Å². The summed E-state index contributed by atoms with van der Waals surface area (Å²) in [5, 5.41) is 4.14. The molecule has 0 unspecified atom stereocenters. The first kappa shape index (κ1) is 16.3. The molecular formula is C18H21N3O3S. The van der Waals surface area contributed by atoms with Crippen LogP contribution in [-0.2, 0) is 21.7 Å². The zero-order valence-electron chi connectivity index (χ0n) is 14.1. The highest BCUT2D eigenvalue weighted by atomic mass is 32.2. The second-order valence-corrected chi connectivity index (χ2v) is 9.20. The summed E-state index contributed by atoms with van der Waals surface area (Å²) < 4.78 is 25.9. The van der Waals surface area contributed by atoms with Crippen molar-refractivity contribution in [3.63, 3.8) is 0 Å². The molecule has 25 heavy (non-hydrogen) atoms. The predicted molar refractivity (Wildman–Crippen MR) is 93.6 cm³/mol. The first-order valence-corrected chi connectivity index (χ1v) is 10.3. The highest BCUT2D eigenvalue weighted by Gasteiger charge is 2.48. The maximum absolute atomic E-state index is 13.0. The smallest absolute Gasteiger partial charge is 0.226 e. The van der Waals surface area contributed by atoms with Crippen molar-refractivity contribution in [1.29, 1.82) is 0 Å². The molecule has 6 nitrogen and oxygen atoms in total. The average molecular weight is 359 g/mol. The molecule has 3 atom stereocenters. The van der Waals surface area contributed by atoms with E-state index in [1.165, 1.54) is 5.56 Å². The number of sulfone groups is 1. The van der Waals surface area contributed by atoms with Crippen LogP contribution in [0.1, 0.15) is 29.5 Å². The number of rotatable bonds is 3. The molecule has 1 aliphatic carbocycles. The molecule has 0 radical (unpaired) electrons. The third-order valence-corrected chi connectivity index (χ3v) is 6.79. The van der Waals surface area contributed by atoms with Gasteiger partial charge in [-0.25, -0.2) is 8.42 Å². The number of hydrogen-bond donors (Lipinski definition) is 0. The molecule has 2 heterocycles. The van der Waals surface area contributed by atoms with Crippen LogP contribution < -0.4 is 0 Å². The third kappa shape index (κ3) is 3.20. The van der Waals surface area contributed by atoms with Gasteiger partial charge in [0.1, 0.15) is 0 Å². The van der Waals surface area contributed by atoms with Crippen LogP contribution in [0.25, 0.3) is 0 Å². The Hall–Kier alpha value is -2.15. The zero-order valence-corrected chi connectivity index (χ0v) is 14.9. The molecule has 132 valence electrons. The van der Waals surface area contributed by atoms with Crippen molar-refractivity contribution in [3.05, 3.63) is 53.9 Å². The van der Waals surface area contributed by atoms with E-state index in [4.69, 9.17) is 0 Å². The highest BCUT2D eigenvalue weighted by Crippen LogP contribution is 2.49. The van der Waals surface area contributed by atoms with Gasteiger partial charge in [0, 0.05) is 31.3 Å². The summed E-state index contributed by atoms with van der Waals surface area (Å²) in [5.74, 6) is 0.299. The van der Waals surface area contributed by atoms with E-state index in [0.29, 0.717) is 0 Å². The maximum Gasteiger partial charge on any atom is 0.226 e. The minimum Gasteiger partial charge on any atom is -0.333 e. The number of aromatic nitrogens is 2. The molecule has 1 aromatic carbocycles. The summed E-state index contributed by atoms with van der Waals surface area (Å²) in [6.07, 6.45) is 4.30. The van der Waals surface area contributed by atoms with Gasteiger partial charge in [0.25, 0.3) is 0 Å². The van der Waals surface area contributed by atoms with Crippen molar-refractivity contribution >= 4 is 15.7 Å². The number of aryl methyl sites for hydroxylation is 1. The van der Waals surface area contributed by atoms with Crippen molar-refractivity contribution < 1.29 is 13.2 Å². The van der Waals surface area contributed by atoms with Crippen molar-refractivity contribution in [2.24, 2.45) is 13.0 Å². The van der Waals surface area contributed by atoms with Crippen molar-refractivity contribution in [2.45, 2.75) is 18.4 Å². The van der Waals surface area contributed by atoms with Gasteiger partial charge in [-0.1, -0.05) is 30.3 Å². The van der Waals surface area contributed by atoms with E-state index in [1.807, 2.05) is 18.2 Å². The second kappa shape index (κ2) is 5.98. The van der Waals surface area contributed by atoms with Gasteiger partial charge >= 0.3 is 0 Å². The lowest BCUT2D eigenvalue weighted by atomic mass is 10.1. The van der Waals surface area contributed by atoms with E-state index in [2.05, 4.69) is 17.2 Å². The van der Waals surface area contributed by atoms with Gasteiger partial charge in [-0.15, -0.1) is 0 Å². The molecule has 2 fully saturated rings. The first-order valence-electron chi connectivity index (χ1n) is 8.49. The molecule has 1 aliphatic heterocycles. The summed E-state index contributed by atoms with van der Waals surface area (Å²) in [6, 6.07) is 9.62. The van der Waals surface area contributed by atoms with Crippen LogP contribution in [0, 0.1) is 5.92 Å². The minimum atomic E-state index is -3.14. The van der Waals surface area contributed by atoms with E-state index in [9.17, 15) is 13.2 Å². The number of carbonyl (C=O) groups excluding carboxylic acids is 1. The summed E-state index contributed by atoms with van der Waals surface area (Å²) in [4.78, 5) is 14.8. The largest absolute Gasteiger partial charge is 0.333 e. The minimum absolute atomic E-state index is 0.0207. The molecule has 0 spiro atoms. The Bertz CT molecular complexity index is 891. The number of nitrogens with zero attached hydrogens (tertiary/aromatic N) is 3. The standard InChI is InChI=1S/C18H21N3O3S/c1-20-11-14(10-19-20)17-12-25(23,24)8-7-21(17)18(22)16-9-15(16)13-5-3-2-4-6-13/h2-6,10-11,15-17H,7-9,12H2,1H3/t15-,16-,17+/m1/s1. The van der Waals surface area contributed by atoms with Gasteiger partial charge < -0.3 is 4.90 Å². The molecule has 4 rings (SSSR count). The molecule has 7 heteroatoms. The fraction of sp³-hybridized carbons (Fsp3) is 0.444. The topological polar surface area (TPSA) is 72.3 Å². The fourth-order valence-electron chi connectivity index (χ4n) is 3.71. The molecule has 0 N–H and O–H groups in total. The van der Waals surface area contributed by atoms with Crippen LogP contribution in [0.3, 0.4) is 0 Å². The summed E-state index contributed by atoms with van der Waals surface area (Å²) >= 11 is 0. The lowest BCUT2D eigenvalue weighted by Gasteiger charge is -2.35. The molecule has 1 saturated heterocycles. The molecule has 1 aromatic heterocycles. The lowest BCUT2D eigenvalue weighted by molar-refractivity contribution is -0.134. The Morgan fingerprint density at radius 2 is 1.96 bits per heavy atom. The van der Waals surface area contributed by atoms with Gasteiger partial charge in [-0.2, -0.15) is 5.10 Å². The Kier molecular flexibility index (Phi) is 3.91. The van der Waals surface area contributed by atoms with Crippen molar-refractivity contribution in [3.8, 4) is 0 Å². The molecule has 2 aromatic rings. The Balaban J connectivity index is 1.56. The van der Waals surface area contributed by atoms with Crippen LogP contribution >= 0.6 is 0 Å². The van der Waals surface area contributed by atoms with Gasteiger partial charge in [0.2, 0.25) is 5.91 Å². The Labute approximate surface area is 147 Å². The normalized spacial score (nSPS) is 27.9. The number of amides is 1. The number of carbonyl (C=O) groups is 1. The Morgan fingerprint density at radius 3 is 2.64 bits per heavy atom. The van der Waals surface area contributed by atoms with Crippen LogP contribution in [0.5, 0.6) is 0 Å². The first-order chi connectivity index (χ1) is 11.9. The molecule has 0 bridgehead atoms. The van der Waals surface area contributed by atoms with Crippen LogP contribution in [0.15, 0.2) is 42.7 Å². The van der Waals surface area contributed by atoms with E-state index >= 15 is 0 Å². The van der Waals surface area contributed by atoms with E-state index in [1.54, 1.807) is 29.0 Å².